The number of ether oxygens (including phenoxy) is 1. The molecule has 1 rings (SSSR count). The van der Waals surface area contributed by atoms with E-state index >= 15 is 0 Å². The van der Waals surface area contributed by atoms with Gasteiger partial charge in [-0.05, 0) is 18.2 Å². The van der Waals surface area contributed by atoms with Crippen LogP contribution in [-0.4, -0.2) is 13.0 Å². The Labute approximate surface area is 83.7 Å². The van der Waals surface area contributed by atoms with E-state index < -0.39 is 0 Å². The summed E-state index contributed by atoms with van der Waals surface area (Å²) in [5.74, 6) is 7.38. The molecule has 68 valence electrons. The molecule has 0 radical (unpaired) electrons. The molecule has 0 aromatic heterocycles. The van der Waals surface area contributed by atoms with Crippen molar-refractivity contribution in [3.63, 3.8) is 0 Å². The van der Waals surface area contributed by atoms with Crippen molar-refractivity contribution < 1.29 is 4.74 Å². The van der Waals surface area contributed by atoms with Crippen LogP contribution in [0.5, 0.6) is 5.75 Å². The second-order valence-corrected chi connectivity index (χ2v) is 2.85. The first-order chi connectivity index (χ1) is 6.36. The Kier molecular flexibility index (Phi) is 4.21. The molecule has 0 saturated heterocycles. The number of hydrogen-bond donors (Lipinski definition) is 0. The van der Waals surface area contributed by atoms with Crippen molar-refractivity contribution in [3.8, 4) is 17.6 Å². The summed E-state index contributed by atoms with van der Waals surface area (Å²) in [5.41, 5.74) is 0.962. The molecule has 1 aromatic carbocycles. The average Bonchev–Trinajstić information content (AvgIpc) is 2.19. The Balaban J connectivity index is 2.73. The third-order valence-corrected chi connectivity index (χ3v) is 1.71. The van der Waals surface area contributed by atoms with Crippen molar-refractivity contribution in [2.45, 2.75) is 6.42 Å². The predicted molar refractivity (Wildman–Crippen MR) is 55.2 cm³/mol. The fraction of sp³-hybridized carbons (Fsp3) is 0.273. The van der Waals surface area contributed by atoms with Crippen LogP contribution < -0.4 is 4.74 Å². The lowest BCUT2D eigenvalue weighted by atomic mass is 10.2. The predicted octanol–water partition coefficient (Wildman–Crippen LogP) is 2.68. The molecule has 1 aromatic rings. The molecule has 13 heavy (non-hydrogen) atoms. The van der Waals surface area contributed by atoms with E-state index in [2.05, 4.69) is 11.8 Å². The Morgan fingerprint density at radius 3 is 3.00 bits per heavy atom. The molecular weight excluding hydrogens is 184 g/mol. The first-order valence-corrected chi connectivity index (χ1v) is 4.59. The molecule has 0 heterocycles. The minimum atomic E-state index is 0.580. The Morgan fingerprint density at radius 2 is 2.31 bits per heavy atom. The molecule has 0 atom stereocenters. The van der Waals surface area contributed by atoms with Gasteiger partial charge in [-0.1, -0.05) is 17.9 Å². The number of rotatable bonds is 2. The van der Waals surface area contributed by atoms with Gasteiger partial charge in [-0.15, -0.1) is 11.6 Å². The van der Waals surface area contributed by atoms with Gasteiger partial charge in [-0.2, -0.15) is 0 Å². The number of alkyl halides is 1. The van der Waals surface area contributed by atoms with Gasteiger partial charge in [0.25, 0.3) is 0 Å². The second kappa shape index (κ2) is 5.50. The summed E-state index contributed by atoms with van der Waals surface area (Å²) in [7, 11) is 1.64. The first kappa shape index (κ1) is 9.95. The van der Waals surface area contributed by atoms with E-state index in [1.807, 2.05) is 24.3 Å². The third kappa shape index (κ3) is 3.40. The van der Waals surface area contributed by atoms with Crippen LogP contribution in [0.25, 0.3) is 0 Å². The average molecular weight is 195 g/mol. The van der Waals surface area contributed by atoms with Crippen LogP contribution in [0.2, 0.25) is 0 Å². The van der Waals surface area contributed by atoms with E-state index in [1.54, 1.807) is 7.11 Å². The van der Waals surface area contributed by atoms with Gasteiger partial charge in [0.05, 0.1) is 7.11 Å². The minimum absolute atomic E-state index is 0.580. The summed E-state index contributed by atoms with van der Waals surface area (Å²) < 4.78 is 5.07. The van der Waals surface area contributed by atoms with Crippen molar-refractivity contribution >= 4 is 11.6 Å². The van der Waals surface area contributed by atoms with Crippen LogP contribution in [-0.2, 0) is 0 Å². The molecule has 0 fully saturated rings. The van der Waals surface area contributed by atoms with Crippen LogP contribution in [0.15, 0.2) is 24.3 Å². The van der Waals surface area contributed by atoms with Crippen molar-refractivity contribution in [1.29, 1.82) is 0 Å². The van der Waals surface area contributed by atoms with E-state index in [0.29, 0.717) is 5.88 Å². The Morgan fingerprint density at radius 1 is 1.46 bits per heavy atom. The summed E-state index contributed by atoms with van der Waals surface area (Å²) in [6.07, 6.45) is 0.721. The number of benzene rings is 1. The molecule has 0 aliphatic rings. The summed E-state index contributed by atoms with van der Waals surface area (Å²) in [6, 6.07) is 7.67. The molecule has 0 unspecified atom stereocenters. The van der Waals surface area contributed by atoms with Crippen molar-refractivity contribution in [2.75, 3.05) is 13.0 Å². The first-order valence-electron chi connectivity index (χ1n) is 4.05. The summed E-state index contributed by atoms with van der Waals surface area (Å²) in [4.78, 5) is 0. The van der Waals surface area contributed by atoms with Gasteiger partial charge in [0, 0.05) is 17.9 Å². The second-order valence-electron chi connectivity index (χ2n) is 2.47. The smallest absolute Gasteiger partial charge is 0.120 e. The standard InChI is InChI=1S/C11H11ClO/c1-13-11-7-4-6-10(9-11)5-2-3-8-12/h4,6-7,9H,3,8H2,1H3. The molecule has 0 amide bonds. The normalized spacial score (nSPS) is 8.77. The highest BCUT2D eigenvalue weighted by atomic mass is 35.5. The molecule has 0 bridgehead atoms. The molecule has 0 aliphatic heterocycles. The van der Waals surface area contributed by atoms with Gasteiger partial charge in [0.1, 0.15) is 5.75 Å². The lowest BCUT2D eigenvalue weighted by Gasteiger charge is -1.97. The lowest BCUT2D eigenvalue weighted by Crippen LogP contribution is -1.82. The van der Waals surface area contributed by atoms with Crippen LogP contribution in [0.3, 0.4) is 0 Å². The van der Waals surface area contributed by atoms with Crippen molar-refractivity contribution in [2.24, 2.45) is 0 Å². The highest BCUT2D eigenvalue weighted by Crippen LogP contribution is 2.11. The van der Waals surface area contributed by atoms with Gasteiger partial charge in [0.15, 0.2) is 0 Å². The van der Waals surface area contributed by atoms with Gasteiger partial charge in [-0.25, -0.2) is 0 Å². The monoisotopic (exact) mass is 194 g/mol. The van der Waals surface area contributed by atoms with Crippen LogP contribution in [0, 0.1) is 11.8 Å². The zero-order valence-corrected chi connectivity index (χ0v) is 8.27. The fourth-order valence-electron chi connectivity index (χ4n) is 0.913. The molecule has 0 saturated carbocycles. The van der Waals surface area contributed by atoms with Gasteiger partial charge < -0.3 is 4.74 Å². The summed E-state index contributed by atoms with van der Waals surface area (Å²) in [5, 5.41) is 0. The maximum Gasteiger partial charge on any atom is 0.120 e. The Hall–Kier alpha value is -1.13. The zero-order chi connectivity index (χ0) is 9.52. The molecule has 0 aliphatic carbocycles. The number of halogens is 1. The van der Waals surface area contributed by atoms with Gasteiger partial charge in [-0.3, -0.25) is 0 Å². The maximum absolute atomic E-state index is 5.50. The van der Waals surface area contributed by atoms with E-state index in [0.717, 1.165) is 17.7 Å². The maximum atomic E-state index is 5.50. The highest BCUT2D eigenvalue weighted by Gasteiger charge is 1.90. The van der Waals surface area contributed by atoms with E-state index in [9.17, 15) is 0 Å². The Bertz CT molecular complexity index is 322. The number of methoxy groups -OCH3 is 1. The van der Waals surface area contributed by atoms with Crippen LogP contribution >= 0.6 is 11.6 Å². The van der Waals surface area contributed by atoms with E-state index in [4.69, 9.17) is 16.3 Å². The van der Waals surface area contributed by atoms with Gasteiger partial charge in [0.2, 0.25) is 0 Å². The highest BCUT2D eigenvalue weighted by molar-refractivity contribution is 6.18. The SMILES string of the molecule is COc1cccc(C#CCCCl)c1. The third-order valence-electron chi connectivity index (χ3n) is 1.52. The number of hydrogen-bond acceptors (Lipinski definition) is 1. The summed E-state index contributed by atoms with van der Waals surface area (Å²) in [6.45, 7) is 0. The zero-order valence-electron chi connectivity index (χ0n) is 7.51. The van der Waals surface area contributed by atoms with E-state index in [-0.39, 0.29) is 0 Å². The van der Waals surface area contributed by atoms with Crippen LogP contribution in [0.1, 0.15) is 12.0 Å². The molecule has 2 heteroatoms. The topological polar surface area (TPSA) is 9.23 Å². The lowest BCUT2D eigenvalue weighted by molar-refractivity contribution is 0.414. The van der Waals surface area contributed by atoms with Gasteiger partial charge >= 0.3 is 0 Å². The molecule has 0 spiro atoms. The van der Waals surface area contributed by atoms with E-state index in [1.165, 1.54) is 0 Å². The molecule has 1 nitrogen and oxygen atoms in total. The largest absolute Gasteiger partial charge is 0.497 e. The minimum Gasteiger partial charge on any atom is -0.497 e. The summed E-state index contributed by atoms with van der Waals surface area (Å²) >= 11 is 5.50. The fourth-order valence-corrected chi connectivity index (χ4v) is 1.01. The molecule has 0 N–H and O–H groups in total. The molecular formula is C11H11ClO. The quantitative estimate of drug-likeness (QED) is 0.520. The van der Waals surface area contributed by atoms with Crippen LogP contribution in [0.4, 0.5) is 0 Å². The van der Waals surface area contributed by atoms with Crippen molar-refractivity contribution in [1.82, 2.24) is 0 Å². The van der Waals surface area contributed by atoms with Crippen molar-refractivity contribution in [3.05, 3.63) is 29.8 Å².